The predicted octanol–water partition coefficient (Wildman–Crippen LogP) is 2.39. The van der Waals surface area contributed by atoms with Crippen LogP contribution in [-0.2, 0) is 0 Å². The summed E-state index contributed by atoms with van der Waals surface area (Å²) in [6, 6.07) is 10.2. The summed E-state index contributed by atoms with van der Waals surface area (Å²) in [7, 11) is 0. The van der Waals surface area contributed by atoms with Gasteiger partial charge in [-0.1, -0.05) is 24.3 Å². The average molecular weight is 350 g/mol. The lowest BCUT2D eigenvalue weighted by Gasteiger charge is -2.36. The van der Waals surface area contributed by atoms with E-state index in [9.17, 15) is 14.4 Å². The fourth-order valence-electron chi connectivity index (χ4n) is 3.54. The molecule has 26 heavy (non-hydrogen) atoms. The van der Waals surface area contributed by atoms with Gasteiger partial charge in [0.2, 0.25) is 0 Å². The number of rotatable bonds is 2. The maximum absolute atomic E-state index is 12.6. The van der Waals surface area contributed by atoms with Crippen molar-refractivity contribution in [3.05, 3.63) is 70.8 Å². The molecule has 1 aromatic heterocycles. The van der Waals surface area contributed by atoms with Crippen molar-refractivity contribution in [1.82, 2.24) is 9.80 Å². The van der Waals surface area contributed by atoms with Crippen LogP contribution in [0.25, 0.3) is 0 Å². The van der Waals surface area contributed by atoms with Crippen LogP contribution in [0, 0.1) is 0 Å². The average Bonchev–Trinajstić information content (AvgIpc) is 3.29. The molecule has 1 amide bonds. The number of hydrogen-bond donors (Lipinski definition) is 0. The van der Waals surface area contributed by atoms with E-state index in [0.717, 1.165) is 0 Å². The first kappa shape index (κ1) is 16.3. The fourth-order valence-corrected chi connectivity index (χ4v) is 3.54. The molecule has 1 fully saturated rings. The molecule has 6 heteroatoms. The zero-order valence-electron chi connectivity index (χ0n) is 14.4. The minimum atomic E-state index is -0.211. The van der Waals surface area contributed by atoms with Gasteiger partial charge in [-0.2, -0.15) is 0 Å². The normalized spacial score (nSPS) is 16.9. The number of furan rings is 1. The number of ketones is 2. The summed E-state index contributed by atoms with van der Waals surface area (Å²) in [5.74, 6) is -0.236. The lowest BCUT2D eigenvalue weighted by molar-refractivity contribution is 0.0634. The molecule has 0 spiro atoms. The Morgan fingerprint density at radius 1 is 0.885 bits per heavy atom. The Hall–Kier alpha value is -3.15. The van der Waals surface area contributed by atoms with Crippen molar-refractivity contribution in [2.45, 2.75) is 6.92 Å². The maximum Gasteiger partial charge on any atom is 0.289 e. The number of allylic oxidation sites excluding steroid dienone is 2. The Morgan fingerprint density at radius 2 is 1.46 bits per heavy atom. The second kappa shape index (κ2) is 6.29. The van der Waals surface area contributed by atoms with Crippen LogP contribution in [0.4, 0.5) is 0 Å². The van der Waals surface area contributed by atoms with E-state index in [4.69, 9.17) is 4.42 Å². The lowest BCUT2D eigenvalue weighted by Crippen LogP contribution is -2.48. The Balaban J connectivity index is 1.51. The Kier molecular flexibility index (Phi) is 3.95. The molecule has 1 aliphatic carbocycles. The maximum atomic E-state index is 12.6. The second-order valence-corrected chi connectivity index (χ2v) is 6.42. The van der Waals surface area contributed by atoms with Crippen molar-refractivity contribution in [2.24, 2.45) is 0 Å². The smallest absolute Gasteiger partial charge is 0.289 e. The molecule has 2 aliphatic rings. The molecule has 0 atom stereocenters. The molecular formula is C20H18N2O4. The van der Waals surface area contributed by atoms with Crippen molar-refractivity contribution in [3.8, 4) is 0 Å². The highest BCUT2D eigenvalue weighted by molar-refractivity contribution is 6.39. The van der Waals surface area contributed by atoms with Gasteiger partial charge in [-0.05, 0) is 19.1 Å². The number of Topliss-reactive ketones (excluding diaryl/α,β-unsaturated/α-hetero) is 2. The Bertz CT molecular complexity index is 882. The molecule has 0 bridgehead atoms. The van der Waals surface area contributed by atoms with Gasteiger partial charge in [-0.15, -0.1) is 0 Å². The summed E-state index contributed by atoms with van der Waals surface area (Å²) in [5.41, 5.74) is 1.87. The van der Waals surface area contributed by atoms with Crippen molar-refractivity contribution < 1.29 is 18.8 Å². The predicted molar refractivity (Wildman–Crippen MR) is 94.0 cm³/mol. The minimum Gasteiger partial charge on any atom is -0.459 e. The van der Waals surface area contributed by atoms with E-state index in [2.05, 4.69) is 0 Å². The van der Waals surface area contributed by atoms with Crippen LogP contribution in [0.5, 0.6) is 0 Å². The number of benzene rings is 1. The van der Waals surface area contributed by atoms with Gasteiger partial charge in [-0.3, -0.25) is 14.4 Å². The van der Waals surface area contributed by atoms with Crippen LogP contribution in [0.15, 0.2) is 58.3 Å². The number of carbonyl (C=O) groups is 3. The van der Waals surface area contributed by atoms with Crippen molar-refractivity contribution in [2.75, 3.05) is 26.2 Å². The SMILES string of the molecule is CC(=C1C(=O)c2ccccc2C1=O)N1CCN(C(=O)c2ccco2)CC1. The van der Waals surface area contributed by atoms with Gasteiger partial charge >= 0.3 is 0 Å². The van der Waals surface area contributed by atoms with Crippen molar-refractivity contribution >= 4 is 17.5 Å². The monoisotopic (exact) mass is 350 g/mol. The Labute approximate surface area is 150 Å². The van der Waals surface area contributed by atoms with E-state index in [1.807, 2.05) is 4.90 Å². The fraction of sp³-hybridized carbons (Fsp3) is 0.250. The number of carbonyl (C=O) groups excluding carboxylic acids is 3. The molecule has 1 aliphatic heterocycles. The zero-order valence-corrected chi connectivity index (χ0v) is 14.4. The van der Waals surface area contributed by atoms with Gasteiger partial charge in [0.15, 0.2) is 17.3 Å². The van der Waals surface area contributed by atoms with Crippen molar-refractivity contribution in [1.29, 1.82) is 0 Å². The standard InChI is InChI=1S/C20H18N2O4/c1-13(17-18(23)14-5-2-3-6-15(14)19(17)24)21-8-10-22(11-9-21)20(25)16-7-4-12-26-16/h2-7,12H,8-11H2,1H3. The van der Waals surface area contributed by atoms with E-state index in [-0.39, 0.29) is 23.0 Å². The molecule has 0 unspecified atom stereocenters. The van der Waals surface area contributed by atoms with Gasteiger partial charge in [0.1, 0.15) is 0 Å². The first-order valence-electron chi connectivity index (χ1n) is 8.55. The third-order valence-corrected chi connectivity index (χ3v) is 5.01. The van der Waals surface area contributed by atoms with Crippen LogP contribution in [0.3, 0.4) is 0 Å². The minimum absolute atomic E-state index is 0.139. The number of nitrogens with zero attached hydrogens (tertiary/aromatic N) is 2. The van der Waals surface area contributed by atoms with Gasteiger partial charge < -0.3 is 14.2 Å². The van der Waals surface area contributed by atoms with E-state index < -0.39 is 0 Å². The topological polar surface area (TPSA) is 70.8 Å². The molecule has 2 heterocycles. The third-order valence-electron chi connectivity index (χ3n) is 5.01. The summed E-state index contributed by atoms with van der Waals surface area (Å²) >= 11 is 0. The molecule has 4 rings (SSSR count). The molecule has 132 valence electrons. The molecular weight excluding hydrogens is 332 g/mol. The Morgan fingerprint density at radius 3 is 2.00 bits per heavy atom. The van der Waals surface area contributed by atoms with Gasteiger partial charge in [0.05, 0.1) is 11.8 Å². The molecule has 0 radical (unpaired) electrons. The first-order chi connectivity index (χ1) is 12.6. The quantitative estimate of drug-likeness (QED) is 0.614. The third kappa shape index (κ3) is 2.54. The van der Waals surface area contributed by atoms with Gasteiger partial charge in [0, 0.05) is 43.0 Å². The van der Waals surface area contributed by atoms with Gasteiger partial charge in [0.25, 0.3) is 5.91 Å². The summed E-state index contributed by atoms with van der Waals surface area (Å²) < 4.78 is 5.16. The summed E-state index contributed by atoms with van der Waals surface area (Å²) in [6.07, 6.45) is 1.48. The van der Waals surface area contributed by atoms with Crippen LogP contribution in [0.1, 0.15) is 38.2 Å². The second-order valence-electron chi connectivity index (χ2n) is 6.42. The highest BCUT2D eigenvalue weighted by Gasteiger charge is 2.36. The molecule has 1 saturated heterocycles. The van der Waals surface area contributed by atoms with Crippen LogP contribution in [0.2, 0.25) is 0 Å². The van der Waals surface area contributed by atoms with E-state index in [1.165, 1.54) is 6.26 Å². The summed E-state index contributed by atoms with van der Waals surface area (Å²) in [4.78, 5) is 41.3. The van der Waals surface area contributed by atoms with Crippen molar-refractivity contribution in [3.63, 3.8) is 0 Å². The number of hydrogen-bond acceptors (Lipinski definition) is 5. The molecule has 0 saturated carbocycles. The van der Waals surface area contributed by atoms with Gasteiger partial charge in [-0.25, -0.2) is 0 Å². The molecule has 2 aromatic rings. The zero-order chi connectivity index (χ0) is 18.3. The highest BCUT2D eigenvalue weighted by atomic mass is 16.3. The highest BCUT2D eigenvalue weighted by Crippen LogP contribution is 2.29. The molecule has 0 N–H and O–H groups in total. The van der Waals surface area contributed by atoms with Crippen LogP contribution in [-0.4, -0.2) is 53.5 Å². The summed E-state index contributed by atoms with van der Waals surface area (Å²) in [5, 5.41) is 0. The van der Waals surface area contributed by atoms with Crippen LogP contribution < -0.4 is 0 Å². The summed E-state index contributed by atoms with van der Waals surface area (Å²) in [6.45, 7) is 3.97. The largest absolute Gasteiger partial charge is 0.459 e. The number of fused-ring (bicyclic) bond motifs is 1. The first-order valence-corrected chi connectivity index (χ1v) is 8.55. The number of piperazine rings is 1. The van der Waals surface area contributed by atoms with E-state index in [0.29, 0.717) is 48.8 Å². The number of amides is 1. The molecule has 1 aromatic carbocycles. The lowest BCUT2D eigenvalue weighted by atomic mass is 10.1. The van der Waals surface area contributed by atoms with E-state index >= 15 is 0 Å². The van der Waals surface area contributed by atoms with E-state index in [1.54, 1.807) is 48.2 Å². The molecule has 6 nitrogen and oxygen atoms in total. The van der Waals surface area contributed by atoms with Crippen LogP contribution >= 0.6 is 0 Å².